The lowest BCUT2D eigenvalue weighted by molar-refractivity contribution is 0.0943. The first-order valence-electron chi connectivity index (χ1n) is 9.62. The van der Waals surface area contributed by atoms with Crippen LogP contribution in [0.2, 0.25) is 0 Å². The maximum atomic E-state index is 12.9. The summed E-state index contributed by atoms with van der Waals surface area (Å²) < 4.78 is 1.91. The fourth-order valence-corrected chi connectivity index (χ4v) is 3.51. The normalized spacial score (nSPS) is 13.4. The molecule has 27 heavy (non-hydrogen) atoms. The van der Waals surface area contributed by atoms with Crippen LogP contribution in [0, 0.1) is 19.8 Å². The molecule has 2 aromatic rings. The number of aromatic nitrogens is 2. The van der Waals surface area contributed by atoms with Gasteiger partial charge < -0.3 is 15.2 Å². The summed E-state index contributed by atoms with van der Waals surface area (Å²) in [6, 6.07) is 5.92. The number of amides is 2. The number of rotatable bonds is 5. The van der Waals surface area contributed by atoms with E-state index < -0.39 is 0 Å². The van der Waals surface area contributed by atoms with E-state index in [0.717, 1.165) is 48.3 Å². The molecule has 1 aliphatic rings. The molecule has 1 aliphatic heterocycles. The summed E-state index contributed by atoms with van der Waals surface area (Å²) in [5.41, 5.74) is 4.18. The van der Waals surface area contributed by atoms with Crippen molar-refractivity contribution in [2.45, 2.75) is 53.5 Å². The maximum Gasteiger partial charge on any atom is 0.291 e. The second kappa shape index (κ2) is 7.94. The number of carbonyl (C=O) groups is 2. The molecule has 2 heterocycles. The number of hydrogen-bond acceptors (Lipinski definition) is 3. The monoisotopic (exact) mass is 368 g/mol. The predicted molar refractivity (Wildman–Crippen MR) is 106 cm³/mol. The van der Waals surface area contributed by atoms with Crippen LogP contribution in [0.3, 0.4) is 0 Å². The van der Waals surface area contributed by atoms with E-state index >= 15 is 0 Å². The summed E-state index contributed by atoms with van der Waals surface area (Å²) in [5, 5.41) is 5.86. The predicted octanol–water partition coefficient (Wildman–Crippen LogP) is 3.47. The second-order valence-electron chi connectivity index (χ2n) is 7.77. The minimum atomic E-state index is -0.272. The first-order chi connectivity index (χ1) is 12.8. The van der Waals surface area contributed by atoms with Gasteiger partial charge in [-0.2, -0.15) is 0 Å². The van der Waals surface area contributed by atoms with Crippen molar-refractivity contribution in [2.75, 3.05) is 11.9 Å². The minimum absolute atomic E-state index is 0.195. The number of imidazole rings is 1. The van der Waals surface area contributed by atoms with Crippen molar-refractivity contribution in [3.63, 3.8) is 0 Å². The first kappa shape index (κ1) is 19.1. The third-order valence-electron chi connectivity index (χ3n) is 4.69. The lowest BCUT2D eigenvalue weighted by Crippen LogP contribution is -2.29. The van der Waals surface area contributed by atoms with E-state index in [-0.39, 0.29) is 11.8 Å². The number of benzene rings is 1. The zero-order valence-electron chi connectivity index (χ0n) is 16.6. The van der Waals surface area contributed by atoms with Gasteiger partial charge in [0.1, 0.15) is 5.69 Å². The van der Waals surface area contributed by atoms with Crippen molar-refractivity contribution >= 4 is 17.5 Å². The van der Waals surface area contributed by atoms with E-state index in [9.17, 15) is 9.59 Å². The fourth-order valence-electron chi connectivity index (χ4n) is 3.51. The van der Waals surface area contributed by atoms with Crippen molar-refractivity contribution < 1.29 is 9.59 Å². The molecule has 2 amide bonds. The highest BCUT2D eigenvalue weighted by atomic mass is 16.2. The third kappa shape index (κ3) is 4.38. The molecule has 2 N–H and O–H groups in total. The van der Waals surface area contributed by atoms with Crippen LogP contribution in [-0.4, -0.2) is 27.9 Å². The Labute approximate surface area is 160 Å². The zero-order valence-corrected chi connectivity index (χ0v) is 16.6. The van der Waals surface area contributed by atoms with Gasteiger partial charge in [0.25, 0.3) is 11.8 Å². The Hall–Kier alpha value is -2.63. The van der Waals surface area contributed by atoms with Gasteiger partial charge in [0.05, 0.1) is 5.69 Å². The Morgan fingerprint density at radius 3 is 2.48 bits per heavy atom. The highest BCUT2D eigenvalue weighted by Crippen LogP contribution is 2.22. The van der Waals surface area contributed by atoms with Crippen LogP contribution < -0.4 is 10.6 Å². The highest BCUT2D eigenvalue weighted by Gasteiger charge is 2.27. The average molecular weight is 368 g/mol. The Balaban J connectivity index is 1.88. The van der Waals surface area contributed by atoms with Gasteiger partial charge in [-0.3, -0.25) is 9.59 Å². The molecule has 3 rings (SSSR count). The van der Waals surface area contributed by atoms with Gasteiger partial charge in [0.15, 0.2) is 5.82 Å². The number of hydrogen-bond donors (Lipinski definition) is 2. The number of anilines is 1. The molecule has 0 radical (unpaired) electrons. The lowest BCUT2D eigenvalue weighted by atomic mass is 10.1. The van der Waals surface area contributed by atoms with Gasteiger partial charge in [-0.1, -0.05) is 19.9 Å². The quantitative estimate of drug-likeness (QED) is 0.848. The van der Waals surface area contributed by atoms with Crippen LogP contribution in [0.1, 0.15) is 64.6 Å². The largest absolute Gasteiger partial charge is 0.350 e. The first-order valence-corrected chi connectivity index (χ1v) is 9.62. The molecule has 0 fully saturated rings. The van der Waals surface area contributed by atoms with Crippen molar-refractivity contribution in [3.8, 4) is 0 Å². The molecule has 0 saturated carbocycles. The Morgan fingerprint density at radius 1 is 1.11 bits per heavy atom. The van der Waals surface area contributed by atoms with Gasteiger partial charge in [0, 0.05) is 18.8 Å². The maximum absolute atomic E-state index is 12.9. The highest BCUT2D eigenvalue weighted by molar-refractivity contribution is 6.03. The molecule has 0 unspecified atom stereocenters. The number of fused-ring (bicyclic) bond motifs is 1. The topological polar surface area (TPSA) is 76.0 Å². The summed E-state index contributed by atoms with van der Waals surface area (Å²) in [5.74, 6) is 0.212. The van der Waals surface area contributed by atoms with E-state index in [2.05, 4.69) is 21.7 Å². The zero-order chi connectivity index (χ0) is 19.6. The molecular formula is C21H28N4O2. The smallest absolute Gasteiger partial charge is 0.291 e. The molecule has 0 bridgehead atoms. The van der Waals surface area contributed by atoms with Gasteiger partial charge in [-0.05, 0) is 62.3 Å². The van der Waals surface area contributed by atoms with Crippen LogP contribution in [0.4, 0.5) is 5.69 Å². The van der Waals surface area contributed by atoms with Crippen LogP contribution in [0.5, 0.6) is 0 Å². The SMILES string of the molecule is Cc1cc(C)cc(NC(=O)c2nc(C(=O)NCC(C)C)c3n2CCCC3)c1. The summed E-state index contributed by atoms with van der Waals surface area (Å²) in [6.45, 7) is 9.40. The molecule has 0 saturated heterocycles. The lowest BCUT2D eigenvalue weighted by Gasteiger charge is -2.17. The number of aryl methyl sites for hydroxylation is 2. The van der Waals surface area contributed by atoms with Crippen LogP contribution in [0.25, 0.3) is 0 Å². The van der Waals surface area contributed by atoms with Gasteiger partial charge >= 0.3 is 0 Å². The molecule has 6 nitrogen and oxygen atoms in total. The molecule has 1 aromatic carbocycles. The molecule has 144 valence electrons. The van der Waals surface area contributed by atoms with E-state index in [1.54, 1.807) is 0 Å². The third-order valence-corrected chi connectivity index (χ3v) is 4.69. The van der Waals surface area contributed by atoms with Crippen LogP contribution in [0.15, 0.2) is 18.2 Å². The summed E-state index contributed by atoms with van der Waals surface area (Å²) in [4.78, 5) is 29.9. The molecule has 0 spiro atoms. The van der Waals surface area contributed by atoms with E-state index in [1.807, 2.05) is 44.4 Å². The summed E-state index contributed by atoms with van der Waals surface area (Å²) >= 11 is 0. The van der Waals surface area contributed by atoms with Crippen molar-refractivity contribution in [3.05, 3.63) is 46.5 Å². The Kier molecular flexibility index (Phi) is 5.63. The number of nitrogens with zero attached hydrogens (tertiary/aromatic N) is 2. The standard InChI is InChI=1S/C21H28N4O2/c1-13(2)12-22-20(26)18-17-7-5-6-8-25(17)19(24-18)21(27)23-16-10-14(3)9-15(4)11-16/h9-11,13H,5-8,12H2,1-4H3,(H,22,26)(H,23,27). The van der Waals surface area contributed by atoms with Crippen molar-refractivity contribution in [1.82, 2.24) is 14.9 Å². The molecule has 0 atom stereocenters. The number of carbonyl (C=O) groups excluding carboxylic acids is 2. The minimum Gasteiger partial charge on any atom is -0.350 e. The van der Waals surface area contributed by atoms with Crippen LogP contribution >= 0.6 is 0 Å². The van der Waals surface area contributed by atoms with E-state index in [0.29, 0.717) is 24.0 Å². The molecule has 6 heteroatoms. The Morgan fingerprint density at radius 2 is 1.81 bits per heavy atom. The molecule has 1 aromatic heterocycles. The van der Waals surface area contributed by atoms with Gasteiger partial charge in [0.2, 0.25) is 0 Å². The molecule has 0 aliphatic carbocycles. The van der Waals surface area contributed by atoms with E-state index in [1.165, 1.54) is 0 Å². The number of nitrogens with one attached hydrogen (secondary N) is 2. The van der Waals surface area contributed by atoms with Crippen molar-refractivity contribution in [1.29, 1.82) is 0 Å². The fraction of sp³-hybridized carbons (Fsp3) is 0.476. The van der Waals surface area contributed by atoms with Crippen LogP contribution in [-0.2, 0) is 13.0 Å². The van der Waals surface area contributed by atoms with Crippen molar-refractivity contribution in [2.24, 2.45) is 5.92 Å². The summed E-state index contributed by atoms with van der Waals surface area (Å²) in [7, 11) is 0. The average Bonchev–Trinajstić information content (AvgIpc) is 2.98. The van der Waals surface area contributed by atoms with Gasteiger partial charge in [-0.15, -0.1) is 0 Å². The van der Waals surface area contributed by atoms with E-state index in [4.69, 9.17) is 0 Å². The molecular weight excluding hydrogens is 340 g/mol. The summed E-state index contributed by atoms with van der Waals surface area (Å²) in [6.07, 6.45) is 2.77. The second-order valence-corrected chi connectivity index (χ2v) is 7.77. The van der Waals surface area contributed by atoms with Gasteiger partial charge in [-0.25, -0.2) is 4.98 Å². The Bertz CT molecular complexity index is 847.